The molecule has 6 nitrogen and oxygen atoms in total. The summed E-state index contributed by atoms with van der Waals surface area (Å²) in [5, 5.41) is 0. The predicted molar refractivity (Wildman–Crippen MR) is 72.3 cm³/mol. The average Bonchev–Trinajstić information content (AvgIpc) is 2.46. The van der Waals surface area contributed by atoms with Gasteiger partial charge in [-0.25, -0.2) is 0 Å². The molecule has 2 N–H and O–H groups in total. The molecule has 0 aliphatic rings. The van der Waals surface area contributed by atoms with Crippen LogP contribution >= 0.6 is 0 Å². The topological polar surface area (TPSA) is 83.5 Å². The Balaban J connectivity index is 2.59. The molecule has 0 atom stereocenters. The van der Waals surface area contributed by atoms with Gasteiger partial charge in [0.15, 0.2) is 0 Å². The highest BCUT2D eigenvalue weighted by Gasteiger charge is 2.08. The number of hydrogen-bond acceptors (Lipinski definition) is 4. The van der Waals surface area contributed by atoms with Gasteiger partial charge in [0.2, 0.25) is 0 Å². The Morgan fingerprint density at radius 3 is 2.79 bits per heavy atom. The number of hydrazine groups is 1. The van der Waals surface area contributed by atoms with Gasteiger partial charge >= 0.3 is 0 Å². The molecule has 1 heterocycles. The largest absolute Gasteiger partial charge is 0.271 e. The summed E-state index contributed by atoms with van der Waals surface area (Å²) in [6, 6.07) is 3.21. The highest BCUT2D eigenvalue weighted by Crippen LogP contribution is 1.97. The molecular weight excluding hydrogens is 244 g/mol. The highest BCUT2D eigenvalue weighted by atomic mass is 16.2. The summed E-state index contributed by atoms with van der Waals surface area (Å²) in [5.74, 6) is -0.957. The third kappa shape index (κ3) is 4.55. The Morgan fingerprint density at radius 2 is 2.21 bits per heavy atom. The van der Waals surface area contributed by atoms with Crippen molar-refractivity contribution in [2.75, 3.05) is 0 Å². The van der Waals surface area contributed by atoms with Crippen molar-refractivity contribution in [1.29, 1.82) is 0 Å². The molecule has 1 rings (SSSR count). The predicted octanol–water partition coefficient (Wildman–Crippen LogP) is 1.00. The van der Waals surface area contributed by atoms with E-state index in [4.69, 9.17) is 0 Å². The lowest BCUT2D eigenvalue weighted by Gasteiger charge is -2.06. The van der Waals surface area contributed by atoms with Crippen LogP contribution in [0, 0.1) is 0 Å². The van der Waals surface area contributed by atoms with Crippen LogP contribution in [0.25, 0.3) is 0 Å². The van der Waals surface area contributed by atoms with Gasteiger partial charge in [0.25, 0.3) is 11.8 Å². The number of hydrogen-bond donors (Lipinski definition) is 2. The lowest BCUT2D eigenvalue weighted by molar-refractivity contribution is -0.117. The number of nitrogens with zero attached hydrogens (tertiary/aromatic N) is 2. The zero-order chi connectivity index (χ0) is 14.1. The number of nitrogens with one attached hydrogen (secondary N) is 2. The second-order valence-corrected chi connectivity index (χ2v) is 3.35. The van der Waals surface area contributed by atoms with Crippen molar-refractivity contribution in [2.24, 2.45) is 4.99 Å². The Labute approximate surface area is 110 Å². The van der Waals surface area contributed by atoms with Crippen LogP contribution in [0.3, 0.4) is 0 Å². The minimum atomic E-state index is -0.502. The molecule has 0 saturated heterocycles. The van der Waals surface area contributed by atoms with Crippen LogP contribution in [-0.4, -0.2) is 23.0 Å². The zero-order valence-electron chi connectivity index (χ0n) is 10.5. The van der Waals surface area contributed by atoms with Gasteiger partial charge in [-0.3, -0.25) is 30.4 Å². The van der Waals surface area contributed by atoms with Gasteiger partial charge in [-0.1, -0.05) is 12.7 Å². The van der Waals surface area contributed by atoms with Gasteiger partial charge in [-0.15, -0.1) is 0 Å². The van der Waals surface area contributed by atoms with Crippen molar-refractivity contribution < 1.29 is 9.59 Å². The second-order valence-electron chi connectivity index (χ2n) is 3.35. The van der Waals surface area contributed by atoms with Crippen LogP contribution in [0.2, 0.25) is 0 Å². The number of carbonyl (C=O) groups excluding carboxylic acids is 2. The number of amides is 2. The van der Waals surface area contributed by atoms with Crippen molar-refractivity contribution in [3.63, 3.8) is 0 Å². The minimum Gasteiger partial charge on any atom is -0.269 e. The molecule has 98 valence electrons. The van der Waals surface area contributed by atoms with Crippen LogP contribution in [0.1, 0.15) is 17.3 Å². The van der Waals surface area contributed by atoms with Gasteiger partial charge in [0.05, 0.1) is 11.1 Å². The van der Waals surface area contributed by atoms with E-state index in [0.29, 0.717) is 5.56 Å². The maximum Gasteiger partial charge on any atom is 0.271 e. The molecule has 0 aromatic carbocycles. The highest BCUT2D eigenvalue weighted by molar-refractivity contribution is 5.99. The van der Waals surface area contributed by atoms with Crippen molar-refractivity contribution in [3.05, 3.63) is 54.5 Å². The average molecular weight is 258 g/mol. The quantitative estimate of drug-likeness (QED) is 0.366. The summed E-state index contributed by atoms with van der Waals surface area (Å²) in [5.41, 5.74) is 5.12. The molecule has 0 saturated carbocycles. The van der Waals surface area contributed by atoms with Crippen molar-refractivity contribution in [3.8, 4) is 0 Å². The summed E-state index contributed by atoms with van der Waals surface area (Å²) in [6.07, 6.45) is 7.17. The third-order valence-electron chi connectivity index (χ3n) is 2.06. The number of aliphatic imine (C=N–C) groups is 1. The molecule has 0 aliphatic carbocycles. The van der Waals surface area contributed by atoms with E-state index in [1.165, 1.54) is 24.7 Å². The van der Waals surface area contributed by atoms with E-state index in [1.54, 1.807) is 25.3 Å². The summed E-state index contributed by atoms with van der Waals surface area (Å²) >= 11 is 0. The third-order valence-corrected chi connectivity index (χ3v) is 2.06. The van der Waals surface area contributed by atoms with Gasteiger partial charge in [0.1, 0.15) is 0 Å². The van der Waals surface area contributed by atoms with Crippen molar-refractivity contribution in [2.45, 2.75) is 6.92 Å². The number of carbonyl (C=O) groups is 2. The smallest absolute Gasteiger partial charge is 0.269 e. The molecule has 0 radical (unpaired) electrons. The summed E-state index contributed by atoms with van der Waals surface area (Å²) in [6.45, 7) is 5.22. The lowest BCUT2D eigenvalue weighted by atomic mass is 10.2. The maximum absolute atomic E-state index is 11.7. The molecular formula is C13H14N4O2. The maximum atomic E-state index is 11.7. The molecule has 6 heteroatoms. The van der Waals surface area contributed by atoms with E-state index in [1.807, 2.05) is 0 Å². The van der Waals surface area contributed by atoms with Gasteiger partial charge < -0.3 is 0 Å². The summed E-state index contributed by atoms with van der Waals surface area (Å²) < 4.78 is 0. The second kappa shape index (κ2) is 7.54. The summed E-state index contributed by atoms with van der Waals surface area (Å²) in [4.78, 5) is 30.9. The first kappa shape index (κ1) is 14.3. The van der Waals surface area contributed by atoms with E-state index in [0.717, 1.165) is 0 Å². The molecule has 1 aromatic rings. The molecule has 0 bridgehead atoms. The SMILES string of the molecule is C=C/C(=C\N=C/C)C(=O)NNC(=O)c1cccnc1. The van der Waals surface area contributed by atoms with Crippen LogP contribution in [-0.2, 0) is 4.79 Å². The number of rotatable bonds is 4. The standard InChI is InChI=1S/C13H14N4O2/c1-3-10(8-14-4-2)12(18)16-17-13(19)11-6-5-7-15-9-11/h3-9H,1H2,2H3,(H,16,18)(H,17,19)/b10-8+,14-4-. The fourth-order valence-corrected chi connectivity index (χ4v) is 1.11. The first-order valence-corrected chi connectivity index (χ1v) is 5.50. The molecule has 0 fully saturated rings. The Morgan fingerprint density at radius 1 is 1.42 bits per heavy atom. The molecule has 19 heavy (non-hydrogen) atoms. The van der Waals surface area contributed by atoms with E-state index in [9.17, 15) is 9.59 Å². The van der Waals surface area contributed by atoms with E-state index in [2.05, 4.69) is 27.4 Å². The van der Waals surface area contributed by atoms with E-state index < -0.39 is 11.8 Å². The van der Waals surface area contributed by atoms with Crippen molar-refractivity contribution >= 4 is 18.0 Å². The first-order valence-electron chi connectivity index (χ1n) is 5.50. The van der Waals surface area contributed by atoms with Crippen LogP contribution in [0.5, 0.6) is 0 Å². The Kier molecular flexibility index (Phi) is 5.68. The fourth-order valence-electron chi connectivity index (χ4n) is 1.11. The number of aromatic nitrogens is 1. The summed E-state index contributed by atoms with van der Waals surface area (Å²) in [7, 11) is 0. The van der Waals surface area contributed by atoms with E-state index >= 15 is 0 Å². The molecule has 0 spiro atoms. The number of pyridine rings is 1. The van der Waals surface area contributed by atoms with Crippen molar-refractivity contribution in [1.82, 2.24) is 15.8 Å². The lowest BCUT2D eigenvalue weighted by Crippen LogP contribution is -2.42. The van der Waals surface area contributed by atoms with Gasteiger partial charge in [-0.2, -0.15) is 0 Å². The van der Waals surface area contributed by atoms with Crippen LogP contribution in [0.15, 0.2) is 53.9 Å². The fraction of sp³-hybridized carbons (Fsp3) is 0.0769. The van der Waals surface area contributed by atoms with Gasteiger partial charge in [0, 0.05) is 24.8 Å². The monoisotopic (exact) mass is 258 g/mol. The van der Waals surface area contributed by atoms with E-state index in [-0.39, 0.29) is 5.57 Å². The van der Waals surface area contributed by atoms with Crippen LogP contribution < -0.4 is 10.9 Å². The van der Waals surface area contributed by atoms with Gasteiger partial charge in [-0.05, 0) is 19.1 Å². The zero-order valence-corrected chi connectivity index (χ0v) is 10.5. The normalized spacial score (nSPS) is 11.1. The molecule has 0 aliphatic heterocycles. The Bertz CT molecular complexity index is 521. The Hall–Kier alpha value is -2.76. The molecule has 0 unspecified atom stereocenters. The first-order chi connectivity index (χ1) is 9.19. The van der Waals surface area contributed by atoms with Crippen LogP contribution in [0.4, 0.5) is 0 Å². The minimum absolute atomic E-state index is 0.240. The molecule has 2 amide bonds. The molecule has 1 aromatic heterocycles.